The summed E-state index contributed by atoms with van der Waals surface area (Å²) in [5.74, 6) is 0. The predicted octanol–water partition coefficient (Wildman–Crippen LogP) is 4.02. The minimum Gasteiger partial charge on any atom is -0.244 e. The fourth-order valence-corrected chi connectivity index (χ4v) is 2.07. The molecule has 0 radical (unpaired) electrons. The molecule has 0 saturated heterocycles. The van der Waals surface area contributed by atoms with Crippen molar-refractivity contribution in [3.05, 3.63) is 51.9 Å². The van der Waals surface area contributed by atoms with Gasteiger partial charge in [0.2, 0.25) is 0 Å². The number of rotatable bonds is 2. The second kappa shape index (κ2) is 4.93. The first-order valence-corrected chi connectivity index (χ1v) is 5.83. The maximum Gasteiger partial charge on any atom is 0.133 e. The maximum absolute atomic E-state index is 8.82. The molecule has 2 nitrogen and oxygen atoms in total. The quantitative estimate of drug-likeness (QED) is 0.737. The molecule has 0 aliphatic rings. The fourth-order valence-electron chi connectivity index (χ4n) is 1.19. The number of nitrogens with zero attached hydrogens (tertiary/aromatic N) is 2. The summed E-state index contributed by atoms with van der Waals surface area (Å²) >= 11 is 7.42. The molecule has 0 spiro atoms. The van der Waals surface area contributed by atoms with Gasteiger partial charge < -0.3 is 0 Å². The van der Waals surface area contributed by atoms with Gasteiger partial charge in [0, 0.05) is 16.8 Å². The van der Waals surface area contributed by atoms with Gasteiger partial charge in [0.1, 0.15) is 11.1 Å². The molecule has 1 aromatic carbocycles. The lowest BCUT2D eigenvalue weighted by atomic mass is 10.2. The van der Waals surface area contributed by atoms with Crippen LogP contribution < -0.4 is 0 Å². The number of thiophene rings is 1. The van der Waals surface area contributed by atoms with Crippen molar-refractivity contribution < 1.29 is 0 Å². The molecule has 0 saturated carbocycles. The molecule has 2 aromatic rings. The molecule has 0 aliphatic heterocycles. The predicted molar refractivity (Wildman–Crippen MR) is 67.7 cm³/mol. The van der Waals surface area contributed by atoms with Crippen LogP contribution in [0.15, 0.2) is 40.7 Å². The van der Waals surface area contributed by atoms with E-state index < -0.39 is 0 Å². The van der Waals surface area contributed by atoms with E-state index in [2.05, 4.69) is 11.1 Å². The van der Waals surface area contributed by atoms with Crippen LogP contribution in [0.1, 0.15) is 11.1 Å². The standard InChI is InChI=1S/C12H7ClN2S/c13-11-4-2-1-3-10(11)8-15-12-9(7-14)5-6-16-12/h1-6,8H/b15-8+. The second-order valence-corrected chi connectivity index (χ2v) is 4.33. The third-order valence-corrected chi connectivity index (χ3v) is 3.16. The van der Waals surface area contributed by atoms with E-state index in [9.17, 15) is 0 Å². The summed E-state index contributed by atoms with van der Waals surface area (Å²) in [7, 11) is 0. The number of nitriles is 1. The Hall–Kier alpha value is -1.63. The Kier molecular flexibility index (Phi) is 3.35. The van der Waals surface area contributed by atoms with E-state index in [1.54, 1.807) is 12.3 Å². The zero-order valence-electron chi connectivity index (χ0n) is 8.22. The molecule has 0 fully saturated rings. The van der Waals surface area contributed by atoms with E-state index in [0.717, 1.165) is 5.56 Å². The van der Waals surface area contributed by atoms with E-state index in [1.807, 2.05) is 29.6 Å². The van der Waals surface area contributed by atoms with Crippen LogP contribution in [0.3, 0.4) is 0 Å². The SMILES string of the molecule is N#Cc1ccsc1/N=C/c1ccccc1Cl. The minimum atomic E-state index is 0.591. The fraction of sp³-hybridized carbons (Fsp3) is 0. The van der Waals surface area contributed by atoms with Gasteiger partial charge in [-0.1, -0.05) is 29.8 Å². The summed E-state index contributed by atoms with van der Waals surface area (Å²) in [6.45, 7) is 0. The van der Waals surface area contributed by atoms with Crippen LogP contribution in [0, 0.1) is 11.3 Å². The third kappa shape index (κ3) is 2.30. The Bertz CT molecular complexity index is 562. The molecule has 0 atom stereocenters. The van der Waals surface area contributed by atoms with Gasteiger partial charge in [0.05, 0.1) is 5.56 Å². The highest BCUT2D eigenvalue weighted by Gasteiger charge is 2.00. The molecule has 16 heavy (non-hydrogen) atoms. The van der Waals surface area contributed by atoms with E-state index in [1.165, 1.54) is 11.3 Å². The monoisotopic (exact) mass is 246 g/mol. The smallest absolute Gasteiger partial charge is 0.133 e. The summed E-state index contributed by atoms with van der Waals surface area (Å²) < 4.78 is 0. The largest absolute Gasteiger partial charge is 0.244 e. The van der Waals surface area contributed by atoms with Crippen LogP contribution in [-0.2, 0) is 0 Å². The average molecular weight is 247 g/mol. The van der Waals surface area contributed by atoms with Gasteiger partial charge in [-0.2, -0.15) is 5.26 Å². The molecule has 0 amide bonds. The van der Waals surface area contributed by atoms with Crippen LogP contribution in [0.4, 0.5) is 5.00 Å². The summed E-state index contributed by atoms with van der Waals surface area (Å²) in [4.78, 5) is 4.25. The molecular weight excluding hydrogens is 240 g/mol. The van der Waals surface area contributed by atoms with Crippen LogP contribution in [0.2, 0.25) is 5.02 Å². The van der Waals surface area contributed by atoms with Crippen LogP contribution in [0.5, 0.6) is 0 Å². The Morgan fingerprint density at radius 3 is 2.88 bits per heavy atom. The van der Waals surface area contributed by atoms with Crippen molar-refractivity contribution >= 4 is 34.2 Å². The van der Waals surface area contributed by atoms with Crippen molar-refractivity contribution in [1.29, 1.82) is 5.26 Å². The van der Waals surface area contributed by atoms with Crippen LogP contribution >= 0.6 is 22.9 Å². The number of hydrogen-bond donors (Lipinski definition) is 0. The molecule has 1 heterocycles. The number of aliphatic imine (C=N–C) groups is 1. The highest BCUT2D eigenvalue weighted by molar-refractivity contribution is 7.14. The molecule has 0 aliphatic carbocycles. The molecule has 0 N–H and O–H groups in total. The van der Waals surface area contributed by atoms with Crippen molar-refractivity contribution in [2.24, 2.45) is 4.99 Å². The molecule has 2 rings (SSSR count). The van der Waals surface area contributed by atoms with E-state index >= 15 is 0 Å². The first-order chi connectivity index (χ1) is 7.81. The Morgan fingerprint density at radius 2 is 2.12 bits per heavy atom. The normalized spacial score (nSPS) is 10.5. The Balaban J connectivity index is 2.29. The van der Waals surface area contributed by atoms with Gasteiger partial charge in [-0.15, -0.1) is 11.3 Å². The highest BCUT2D eigenvalue weighted by Crippen LogP contribution is 2.25. The van der Waals surface area contributed by atoms with Crippen LogP contribution in [0.25, 0.3) is 0 Å². The lowest BCUT2D eigenvalue weighted by Crippen LogP contribution is -1.80. The van der Waals surface area contributed by atoms with Crippen molar-refractivity contribution in [3.63, 3.8) is 0 Å². The first kappa shape index (κ1) is 10.9. The molecule has 78 valence electrons. The summed E-state index contributed by atoms with van der Waals surface area (Å²) in [6, 6.07) is 11.3. The summed E-state index contributed by atoms with van der Waals surface area (Å²) in [5, 5.41) is 12.0. The highest BCUT2D eigenvalue weighted by atomic mass is 35.5. The average Bonchev–Trinajstić information content (AvgIpc) is 2.75. The Labute approximate surface area is 102 Å². The molecule has 1 aromatic heterocycles. The summed E-state index contributed by atoms with van der Waals surface area (Å²) in [6.07, 6.45) is 1.68. The topological polar surface area (TPSA) is 36.1 Å². The lowest BCUT2D eigenvalue weighted by molar-refractivity contribution is 1.49. The van der Waals surface area contributed by atoms with Gasteiger partial charge in [0.15, 0.2) is 0 Å². The van der Waals surface area contributed by atoms with Crippen LogP contribution in [-0.4, -0.2) is 6.21 Å². The number of hydrogen-bond acceptors (Lipinski definition) is 3. The Morgan fingerprint density at radius 1 is 1.31 bits per heavy atom. The van der Waals surface area contributed by atoms with Crippen molar-refractivity contribution in [1.82, 2.24) is 0 Å². The zero-order valence-corrected chi connectivity index (χ0v) is 9.79. The first-order valence-electron chi connectivity index (χ1n) is 4.57. The van der Waals surface area contributed by atoms with Gasteiger partial charge in [-0.25, -0.2) is 4.99 Å². The molecule has 4 heteroatoms. The summed E-state index contributed by atoms with van der Waals surface area (Å²) in [5.41, 5.74) is 1.44. The zero-order chi connectivity index (χ0) is 11.4. The van der Waals surface area contributed by atoms with Gasteiger partial charge >= 0.3 is 0 Å². The molecular formula is C12H7ClN2S. The van der Waals surface area contributed by atoms with Gasteiger partial charge in [-0.3, -0.25) is 0 Å². The third-order valence-electron chi connectivity index (χ3n) is 1.99. The van der Waals surface area contributed by atoms with Crippen molar-refractivity contribution in [2.75, 3.05) is 0 Å². The number of benzene rings is 1. The second-order valence-electron chi connectivity index (χ2n) is 3.03. The van der Waals surface area contributed by atoms with E-state index in [-0.39, 0.29) is 0 Å². The number of halogens is 1. The maximum atomic E-state index is 8.82. The molecule has 0 unspecified atom stereocenters. The van der Waals surface area contributed by atoms with E-state index in [4.69, 9.17) is 16.9 Å². The van der Waals surface area contributed by atoms with Crippen molar-refractivity contribution in [3.8, 4) is 6.07 Å². The van der Waals surface area contributed by atoms with Gasteiger partial charge in [0.25, 0.3) is 0 Å². The molecule has 0 bridgehead atoms. The van der Waals surface area contributed by atoms with E-state index in [0.29, 0.717) is 15.6 Å². The van der Waals surface area contributed by atoms with Crippen molar-refractivity contribution in [2.45, 2.75) is 0 Å². The van der Waals surface area contributed by atoms with Gasteiger partial charge in [-0.05, 0) is 17.5 Å². The lowest BCUT2D eigenvalue weighted by Gasteiger charge is -1.95. The minimum absolute atomic E-state index is 0.591.